The molecule has 0 heterocycles. The molecule has 0 fully saturated rings. The highest BCUT2D eigenvalue weighted by Gasteiger charge is 2.14. The lowest BCUT2D eigenvalue weighted by molar-refractivity contribution is -0.139. The first-order chi connectivity index (χ1) is 12.9. The maximum Gasteiger partial charge on any atom is 0.341 e. The van der Waals surface area contributed by atoms with Crippen LogP contribution >= 0.6 is 0 Å². The molecule has 6 nitrogen and oxygen atoms in total. The summed E-state index contributed by atoms with van der Waals surface area (Å²) < 4.78 is 10.7. The molecule has 0 aliphatic rings. The van der Waals surface area contributed by atoms with Crippen LogP contribution < -0.4 is 14.8 Å². The smallest absolute Gasteiger partial charge is 0.341 e. The van der Waals surface area contributed by atoms with E-state index in [1.54, 1.807) is 25.1 Å². The van der Waals surface area contributed by atoms with Crippen LogP contribution in [0.2, 0.25) is 0 Å². The minimum absolute atomic E-state index is 0.180. The van der Waals surface area contributed by atoms with Gasteiger partial charge in [-0.1, -0.05) is 36.8 Å². The molecular formula is C21H25NO5. The Kier molecular flexibility index (Phi) is 7.23. The van der Waals surface area contributed by atoms with E-state index in [0.717, 1.165) is 5.56 Å². The number of carbonyl (C=O) groups is 2. The highest BCUT2D eigenvalue weighted by molar-refractivity contribution is 5.94. The maximum absolute atomic E-state index is 12.5. The first-order valence-corrected chi connectivity index (χ1v) is 8.87. The van der Waals surface area contributed by atoms with Gasteiger partial charge in [-0.25, -0.2) is 4.79 Å². The number of carboxylic acid groups (broad SMARTS) is 1. The normalized spacial score (nSPS) is 11.5. The third-order valence-corrected chi connectivity index (χ3v) is 4.07. The summed E-state index contributed by atoms with van der Waals surface area (Å²) in [5.74, 6) is -0.482. The molecule has 1 atom stereocenters. The van der Waals surface area contributed by atoms with Crippen molar-refractivity contribution in [3.8, 4) is 11.5 Å². The zero-order valence-corrected chi connectivity index (χ0v) is 15.8. The first-order valence-electron chi connectivity index (χ1n) is 8.87. The van der Waals surface area contributed by atoms with Crippen molar-refractivity contribution in [2.75, 3.05) is 19.8 Å². The number of carbonyl (C=O) groups excluding carboxylic acids is 1. The topological polar surface area (TPSA) is 84.9 Å². The summed E-state index contributed by atoms with van der Waals surface area (Å²) in [7, 11) is 0. The van der Waals surface area contributed by atoms with E-state index in [-0.39, 0.29) is 11.8 Å². The van der Waals surface area contributed by atoms with Gasteiger partial charge in [-0.3, -0.25) is 4.79 Å². The molecule has 0 aromatic heterocycles. The monoisotopic (exact) mass is 371 g/mol. The Bertz CT molecular complexity index is 786. The van der Waals surface area contributed by atoms with Crippen LogP contribution in [0.5, 0.6) is 11.5 Å². The molecule has 0 saturated heterocycles. The molecule has 0 aliphatic carbocycles. The minimum atomic E-state index is -1.08. The van der Waals surface area contributed by atoms with Gasteiger partial charge in [-0.15, -0.1) is 0 Å². The van der Waals surface area contributed by atoms with Crippen molar-refractivity contribution >= 4 is 11.9 Å². The molecular weight excluding hydrogens is 346 g/mol. The lowest BCUT2D eigenvalue weighted by Crippen LogP contribution is -2.27. The van der Waals surface area contributed by atoms with Gasteiger partial charge in [0.15, 0.2) is 18.1 Å². The van der Waals surface area contributed by atoms with E-state index in [4.69, 9.17) is 14.6 Å². The molecule has 1 amide bonds. The standard InChI is InChI=1S/C21H25NO5/c1-4-26-19-11-17(9-10-18(19)27-13-20(23)24)21(25)22-12-15(3)16-7-5-14(2)6-8-16/h5-11,15H,4,12-13H2,1-3H3,(H,22,25)(H,23,24). The predicted molar refractivity (Wildman–Crippen MR) is 103 cm³/mol. The second-order valence-electron chi connectivity index (χ2n) is 6.30. The van der Waals surface area contributed by atoms with Crippen molar-refractivity contribution in [1.29, 1.82) is 0 Å². The van der Waals surface area contributed by atoms with E-state index in [0.29, 0.717) is 30.2 Å². The second-order valence-corrected chi connectivity index (χ2v) is 6.30. The van der Waals surface area contributed by atoms with E-state index < -0.39 is 12.6 Å². The molecule has 2 N–H and O–H groups in total. The number of aryl methyl sites for hydroxylation is 1. The number of rotatable bonds is 9. The van der Waals surface area contributed by atoms with Gasteiger partial charge in [-0.2, -0.15) is 0 Å². The number of hydrogen-bond acceptors (Lipinski definition) is 4. The predicted octanol–water partition coefficient (Wildman–Crippen LogP) is 3.39. The van der Waals surface area contributed by atoms with Crippen LogP contribution in [-0.4, -0.2) is 36.7 Å². The average Bonchev–Trinajstić information content (AvgIpc) is 2.65. The number of ether oxygens (including phenoxy) is 2. The summed E-state index contributed by atoms with van der Waals surface area (Å²) in [6, 6.07) is 12.9. The fourth-order valence-corrected chi connectivity index (χ4v) is 2.54. The van der Waals surface area contributed by atoms with E-state index >= 15 is 0 Å². The summed E-state index contributed by atoms with van der Waals surface area (Å²) in [5, 5.41) is 11.7. The Labute approximate surface area is 159 Å². The first kappa shape index (κ1) is 20.3. The third kappa shape index (κ3) is 6.02. The Hall–Kier alpha value is -3.02. The molecule has 6 heteroatoms. The highest BCUT2D eigenvalue weighted by Crippen LogP contribution is 2.28. The quantitative estimate of drug-likeness (QED) is 0.706. The molecule has 0 spiro atoms. The Balaban J connectivity index is 2.03. The molecule has 2 aromatic carbocycles. The number of aliphatic carboxylic acids is 1. The minimum Gasteiger partial charge on any atom is -0.490 e. The largest absolute Gasteiger partial charge is 0.490 e. The van der Waals surface area contributed by atoms with Crippen molar-refractivity contribution in [3.05, 3.63) is 59.2 Å². The molecule has 2 rings (SSSR count). The molecule has 144 valence electrons. The van der Waals surface area contributed by atoms with Crippen LogP contribution in [0, 0.1) is 6.92 Å². The number of carboxylic acids is 1. The molecule has 0 saturated carbocycles. The summed E-state index contributed by atoms with van der Waals surface area (Å²) in [4.78, 5) is 23.1. The van der Waals surface area contributed by atoms with Gasteiger partial charge in [0, 0.05) is 12.1 Å². The zero-order valence-electron chi connectivity index (χ0n) is 15.8. The van der Waals surface area contributed by atoms with Crippen molar-refractivity contribution < 1.29 is 24.2 Å². The van der Waals surface area contributed by atoms with Crippen molar-refractivity contribution in [2.45, 2.75) is 26.7 Å². The van der Waals surface area contributed by atoms with Crippen LogP contribution in [0.4, 0.5) is 0 Å². The van der Waals surface area contributed by atoms with E-state index in [1.807, 2.05) is 6.92 Å². The Morgan fingerprint density at radius 1 is 1.07 bits per heavy atom. The molecule has 27 heavy (non-hydrogen) atoms. The van der Waals surface area contributed by atoms with Gasteiger partial charge in [0.1, 0.15) is 0 Å². The Morgan fingerprint density at radius 2 is 1.78 bits per heavy atom. The van der Waals surface area contributed by atoms with Crippen LogP contribution in [0.1, 0.15) is 41.3 Å². The van der Waals surface area contributed by atoms with Gasteiger partial charge in [0.25, 0.3) is 5.91 Å². The third-order valence-electron chi connectivity index (χ3n) is 4.07. The van der Waals surface area contributed by atoms with Gasteiger partial charge < -0.3 is 19.9 Å². The van der Waals surface area contributed by atoms with Gasteiger partial charge in [0.2, 0.25) is 0 Å². The van der Waals surface area contributed by atoms with E-state index in [1.165, 1.54) is 5.56 Å². The van der Waals surface area contributed by atoms with Gasteiger partial charge in [0.05, 0.1) is 6.61 Å². The summed E-state index contributed by atoms with van der Waals surface area (Å²) in [5.41, 5.74) is 2.79. The highest BCUT2D eigenvalue weighted by atomic mass is 16.5. The van der Waals surface area contributed by atoms with Crippen molar-refractivity contribution in [3.63, 3.8) is 0 Å². The van der Waals surface area contributed by atoms with E-state index in [2.05, 4.69) is 36.5 Å². The van der Waals surface area contributed by atoms with Crippen molar-refractivity contribution in [1.82, 2.24) is 5.32 Å². The fourth-order valence-electron chi connectivity index (χ4n) is 2.54. The zero-order chi connectivity index (χ0) is 19.8. The number of benzene rings is 2. The lowest BCUT2D eigenvalue weighted by atomic mass is 10.00. The van der Waals surface area contributed by atoms with E-state index in [9.17, 15) is 9.59 Å². The molecule has 0 radical (unpaired) electrons. The second kappa shape index (κ2) is 9.62. The summed E-state index contributed by atoms with van der Waals surface area (Å²) in [6.07, 6.45) is 0. The molecule has 0 aliphatic heterocycles. The lowest BCUT2D eigenvalue weighted by Gasteiger charge is -2.15. The van der Waals surface area contributed by atoms with Gasteiger partial charge >= 0.3 is 5.97 Å². The number of nitrogens with one attached hydrogen (secondary N) is 1. The van der Waals surface area contributed by atoms with Crippen molar-refractivity contribution in [2.24, 2.45) is 0 Å². The van der Waals surface area contributed by atoms with Crippen LogP contribution in [0.25, 0.3) is 0 Å². The van der Waals surface area contributed by atoms with Crippen LogP contribution in [0.15, 0.2) is 42.5 Å². The molecule has 2 aromatic rings. The molecule has 1 unspecified atom stereocenters. The number of hydrogen-bond donors (Lipinski definition) is 2. The van der Waals surface area contributed by atoms with Crippen LogP contribution in [-0.2, 0) is 4.79 Å². The summed E-state index contributed by atoms with van der Waals surface area (Å²) in [6.45, 7) is 6.30. The fraction of sp³-hybridized carbons (Fsp3) is 0.333. The SMILES string of the molecule is CCOc1cc(C(=O)NCC(C)c2ccc(C)cc2)ccc1OCC(=O)O. The number of amides is 1. The van der Waals surface area contributed by atoms with Crippen LogP contribution in [0.3, 0.4) is 0 Å². The maximum atomic E-state index is 12.5. The molecule has 0 bridgehead atoms. The Morgan fingerprint density at radius 3 is 2.41 bits per heavy atom. The average molecular weight is 371 g/mol. The summed E-state index contributed by atoms with van der Waals surface area (Å²) >= 11 is 0. The van der Waals surface area contributed by atoms with Gasteiger partial charge in [-0.05, 0) is 43.5 Å².